The minimum Gasteiger partial charge on any atom is -0.322 e. The monoisotopic (exact) mass is 252 g/mol. The fourth-order valence-electron chi connectivity index (χ4n) is 1.41. The van der Waals surface area contributed by atoms with Crippen molar-refractivity contribution in [1.29, 1.82) is 0 Å². The van der Waals surface area contributed by atoms with Gasteiger partial charge in [0, 0.05) is 0 Å². The lowest BCUT2D eigenvalue weighted by molar-refractivity contribution is -0.115. The summed E-state index contributed by atoms with van der Waals surface area (Å²) >= 11 is 0. The quantitative estimate of drug-likeness (QED) is 0.817. The molecule has 0 saturated carbocycles. The molecule has 1 atom stereocenters. The molecule has 0 aromatic heterocycles. The van der Waals surface area contributed by atoms with Gasteiger partial charge in [-0.05, 0) is 30.5 Å². The molecule has 1 aromatic carbocycles. The van der Waals surface area contributed by atoms with Crippen molar-refractivity contribution in [3.05, 3.63) is 30.1 Å². The van der Waals surface area contributed by atoms with E-state index in [0.29, 0.717) is 11.8 Å². The van der Waals surface area contributed by atoms with E-state index in [1.54, 1.807) is 18.2 Å². The smallest absolute Gasteiger partial charge is 0.238 e. The molecule has 100 valence electrons. The van der Waals surface area contributed by atoms with E-state index in [1.165, 1.54) is 6.07 Å². The summed E-state index contributed by atoms with van der Waals surface area (Å²) in [4.78, 5) is 11.6. The topological polar surface area (TPSA) is 41.1 Å². The van der Waals surface area contributed by atoms with Gasteiger partial charge in [-0.25, -0.2) is 4.39 Å². The van der Waals surface area contributed by atoms with Gasteiger partial charge < -0.3 is 10.6 Å². The molecule has 1 amide bonds. The van der Waals surface area contributed by atoms with Crippen LogP contribution in [-0.2, 0) is 4.79 Å². The Bertz CT molecular complexity index is 393. The molecule has 0 spiro atoms. The number of rotatable bonds is 6. The Morgan fingerprint density at radius 3 is 2.56 bits per heavy atom. The Hall–Kier alpha value is -1.42. The van der Waals surface area contributed by atoms with Gasteiger partial charge >= 0.3 is 0 Å². The summed E-state index contributed by atoms with van der Waals surface area (Å²) in [6, 6.07) is 6.15. The van der Waals surface area contributed by atoms with E-state index in [1.807, 2.05) is 0 Å². The molecule has 0 aliphatic heterocycles. The van der Waals surface area contributed by atoms with E-state index in [4.69, 9.17) is 0 Å². The molecule has 0 heterocycles. The van der Waals surface area contributed by atoms with E-state index in [-0.39, 0.29) is 18.1 Å². The predicted octanol–water partition coefficient (Wildman–Crippen LogP) is 2.65. The zero-order valence-corrected chi connectivity index (χ0v) is 11.2. The average Bonchev–Trinajstić information content (AvgIpc) is 2.32. The van der Waals surface area contributed by atoms with Crippen molar-refractivity contribution in [2.24, 2.45) is 11.8 Å². The molecule has 1 unspecified atom stereocenters. The molecule has 0 aliphatic carbocycles. The van der Waals surface area contributed by atoms with E-state index in [9.17, 15) is 9.18 Å². The Morgan fingerprint density at radius 2 is 1.94 bits per heavy atom. The maximum absolute atomic E-state index is 13.3. The summed E-state index contributed by atoms with van der Waals surface area (Å²) in [5, 5.41) is 5.61. The number of nitrogens with one attached hydrogen (secondary N) is 2. The van der Waals surface area contributed by atoms with Crippen LogP contribution in [0.4, 0.5) is 10.1 Å². The molecule has 0 saturated heterocycles. The van der Waals surface area contributed by atoms with Crippen LogP contribution in [0.2, 0.25) is 0 Å². The normalized spacial score (nSPS) is 12.5. The van der Waals surface area contributed by atoms with Gasteiger partial charge in [0.05, 0.1) is 12.2 Å². The number of hydrogen-bond donors (Lipinski definition) is 2. The van der Waals surface area contributed by atoms with Gasteiger partial charge in [-0.15, -0.1) is 0 Å². The number of hydrogen-bond acceptors (Lipinski definition) is 2. The standard InChI is InChI=1S/C14H21FN2O/c1-10(2)11(3)8-16-9-14(18)17-13-7-5-4-6-12(13)15/h4-7,10-11,16H,8-9H2,1-3H3,(H,17,18). The molecule has 1 rings (SSSR count). The van der Waals surface area contributed by atoms with E-state index >= 15 is 0 Å². The molecule has 2 N–H and O–H groups in total. The van der Waals surface area contributed by atoms with Crippen LogP contribution in [0.5, 0.6) is 0 Å². The summed E-state index contributed by atoms with van der Waals surface area (Å²) in [5.41, 5.74) is 0.223. The second-order valence-corrected chi connectivity index (χ2v) is 4.88. The molecular weight excluding hydrogens is 231 g/mol. The summed E-state index contributed by atoms with van der Waals surface area (Å²) in [6.07, 6.45) is 0. The Kier molecular flexibility index (Phi) is 5.78. The first-order valence-corrected chi connectivity index (χ1v) is 6.25. The van der Waals surface area contributed by atoms with E-state index in [0.717, 1.165) is 6.54 Å². The van der Waals surface area contributed by atoms with Crippen LogP contribution < -0.4 is 10.6 Å². The number of benzene rings is 1. The van der Waals surface area contributed by atoms with Crippen LogP contribution in [0.3, 0.4) is 0 Å². The van der Waals surface area contributed by atoms with Gasteiger partial charge in [0.25, 0.3) is 0 Å². The molecule has 0 bridgehead atoms. The number of para-hydroxylation sites is 1. The fraction of sp³-hybridized carbons (Fsp3) is 0.500. The van der Waals surface area contributed by atoms with Crippen LogP contribution in [0, 0.1) is 17.7 Å². The summed E-state index contributed by atoms with van der Waals surface area (Å²) in [5.74, 6) is 0.441. The van der Waals surface area contributed by atoms with Gasteiger partial charge in [0.15, 0.2) is 0 Å². The summed E-state index contributed by atoms with van der Waals surface area (Å²) in [7, 11) is 0. The number of halogens is 1. The first-order valence-electron chi connectivity index (χ1n) is 6.25. The molecule has 0 fully saturated rings. The van der Waals surface area contributed by atoms with E-state index in [2.05, 4.69) is 31.4 Å². The summed E-state index contributed by atoms with van der Waals surface area (Å²) in [6.45, 7) is 7.40. The fourth-order valence-corrected chi connectivity index (χ4v) is 1.41. The van der Waals surface area contributed by atoms with Gasteiger partial charge in [0.1, 0.15) is 5.82 Å². The van der Waals surface area contributed by atoms with Crippen molar-refractivity contribution in [3.63, 3.8) is 0 Å². The van der Waals surface area contributed by atoms with Crippen molar-refractivity contribution in [2.75, 3.05) is 18.4 Å². The lowest BCUT2D eigenvalue weighted by Crippen LogP contribution is -2.32. The number of carbonyl (C=O) groups is 1. The third-order valence-corrected chi connectivity index (χ3v) is 3.04. The molecule has 4 heteroatoms. The third kappa shape index (κ3) is 4.84. The zero-order chi connectivity index (χ0) is 13.5. The summed E-state index contributed by atoms with van der Waals surface area (Å²) < 4.78 is 13.3. The van der Waals surface area contributed by atoms with Crippen molar-refractivity contribution in [1.82, 2.24) is 5.32 Å². The van der Waals surface area contributed by atoms with Crippen LogP contribution in [0.25, 0.3) is 0 Å². The highest BCUT2D eigenvalue weighted by Gasteiger charge is 2.09. The SMILES string of the molecule is CC(C)C(C)CNCC(=O)Nc1ccccc1F. The minimum absolute atomic E-state index is 0.200. The first-order chi connectivity index (χ1) is 8.50. The van der Waals surface area contributed by atoms with Crippen LogP contribution in [0.15, 0.2) is 24.3 Å². The highest BCUT2D eigenvalue weighted by molar-refractivity contribution is 5.92. The highest BCUT2D eigenvalue weighted by Crippen LogP contribution is 2.12. The largest absolute Gasteiger partial charge is 0.322 e. The maximum Gasteiger partial charge on any atom is 0.238 e. The Balaban J connectivity index is 2.33. The molecular formula is C14H21FN2O. The Morgan fingerprint density at radius 1 is 1.28 bits per heavy atom. The number of carbonyl (C=O) groups excluding carboxylic acids is 1. The average molecular weight is 252 g/mol. The van der Waals surface area contributed by atoms with Gasteiger partial charge in [-0.1, -0.05) is 32.9 Å². The molecule has 3 nitrogen and oxygen atoms in total. The van der Waals surface area contributed by atoms with Crippen LogP contribution in [-0.4, -0.2) is 19.0 Å². The van der Waals surface area contributed by atoms with Crippen LogP contribution in [0.1, 0.15) is 20.8 Å². The second-order valence-electron chi connectivity index (χ2n) is 4.88. The first kappa shape index (κ1) is 14.6. The molecule has 18 heavy (non-hydrogen) atoms. The van der Waals surface area contributed by atoms with Crippen molar-refractivity contribution in [2.45, 2.75) is 20.8 Å². The lowest BCUT2D eigenvalue weighted by atomic mass is 9.98. The predicted molar refractivity (Wildman–Crippen MR) is 71.9 cm³/mol. The van der Waals surface area contributed by atoms with Gasteiger partial charge in [-0.3, -0.25) is 4.79 Å². The van der Waals surface area contributed by atoms with Crippen LogP contribution >= 0.6 is 0 Å². The van der Waals surface area contributed by atoms with Crippen molar-refractivity contribution < 1.29 is 9.18 Å². The van der Waals surface area contributed by atoms with Crippen molar-refractivity contribution in [3.8, 4) is 0 Å². The zero-order valence-electron chi connectivity index (χ0n) is 11.2. The molecule has 0 radical (unpaired) electrons. The second kappa shape index (κ2) is 7.11. The number of amides is 1. The van der Waals surface area contributed by atoms with Gasteiger partial charge in [-0.2, -0.15) is 0 Å². The van der Waals surface area contributed by atoms with Gasteiger partial charge in [0.2, 0.25) is 5.91 Å². The lowest BCUT2D eigenvalue weighted by Gasteiger charge is -2.15. The molecule has 0 aliphatic rings. The Labute approximate surface area is 108 Å². The molecule has 1 aromatic rings. The highest BCUT2D eigenvalue weighted by atomic mass is 19.1. The van der Waals surface area contributed by atoms with Crippen molar-refractivity contribution >= 4 is 11.6 Å². The maximum atomic E-state index is 13.3. The number of anilines is 1. The third-order valence-electron chi connectivity index (χ3n) is 3.04. The van der Waals surface area contributed by atoms with E-state index < -0.39 is 5.82 Å². The minimum atomic E-state index is -0.415.